The summed E-state index contributed by atoms with van der Waals surface area (Å²) in [6.45, 7) is 5.35. The van der Waals surface area contributed by atoms with Crippen molar-refractivity contribution in [2.24, 2.45) is 11.8 Å². The molecule has 1 saturated heterocycles. The van der Waals surface area contributed by atoms with E-state index in [4.69, 9.17) is 0 Å². The van der Waals surface area contributed by atoms with Gasteiger partial charge in [-0.25, -0.2) is 0 Å². The maximum absolute atomic E-state index is 12.6. The van der Waals surface area contributed by atoms with Crippen LogP contribution in [0.4, 0.5) is 0 Å². The van der Waals surface area contributed by atoms with Crippen LogP contribution in [0.5, 0.6) is 0 Å². The summed E-state index contributed by atoms with van der Waals surface area (Å²) in [5, 5.41) is 0. The van der Waals surface area contributed by atoms with Gasteiger partial charge in [0, 0.05) is 32.7 Å². The Morgan fingerprint density at radius 2 is 1.81 bits per heavy atom. The largest absolute Gasteiger partial charge is 0.349 e. The molecule has 2 atom stereocenters. The number of amides is 2. The molecule has 0 aromatic heterocycles. The van der Waals surface area contributed by atoms with Crippen LogP contribution in [0.15, 0.2) is 24.3 Å². The van der Waals surface area contributed by atoms with Crippen molar-refractivity contribution in [3.05, 3.63) is 35.4 Å². The van der Waals surface area contributed by atoms with E-state index in [1.54, 1.807) is 19.0 Å². The molecule has 4 heteroatoms. The maximum Gasteiger partial charge on any atom is 0.253 e. The first kappa shape index (κ1) is 15.5. The minimum Gasteiger partial charge on any atom is -0.349 e. The first-order chi connectivity index (χ1) is 9.90. The smallest absolute Gasteiger partial charge is 0.253 e. The highest BCUT2D eigenvalue weighted by atomic mass is 16.2. The summed E-state index contributed by atoms with van der Waals surface area (Å²) in [4.78, 5) is 28.2. The van der Waals surface area contributed by atoms with Crippen LogP contribution in [-0.2, 0) is 4.79 Å². The van der Waals surface area contributed by atoms with E-state index in [0.717, 1.165) is 18.5 Å². The normalized spacial score (nSPS) is 22.0. The van der Waals surface area contributed by atoms with Crippen molar-refractivity contribution in [3.63, 3.8) is 0 Å². The lowest BCUT2D eigenvalue weighted by molar-refractivity contribution is -0.136. The molecule has 1 aromatic rings. The van der Waals surface area contributed by atoms with E-state index in [-0.39, 0.29) is 17.7 Å². The average Bonchev–Trinajstić information content (AvgIpc) is 2.47. The Kier molecular flexibility index (Phi) is 4.66. The molecule has 0 N–H and O–H groups in total. The van der Waals surface area contributed by atoms with E-state index < -0.39 is 0 Å². The number of benzene rings is 1. The minimum absolute atomic E-state index is 0.0263. The number of piperidine rings is 1. The van der Waals surface area contributed by atoms with Crippen LogP contribution in [0.2, 0.25) is 0 Å². The van der Waals surface area contributed by atoms with Gasteiger partial charge in [-0.3, -0.25) is 9.59 Å². The average molecular weight is 288 g/mol. The van der Waals surface area contributed by atoms with Crippen LogP contribution in [0.25, 0.3) is 0 Å². The summed E-state index contributed by atoms with van der Waals surface area (Å²) in [5.41, 5.74) is 1.84. The molecule has 0 spiro atoms. The third-order valence-corrected chi connectivity index (χ3v) is 4.30. The zero-order valence-electron chi connectivity index (χ0n) is 13.3. The Labute approximate surface area is 126 Å². The molecule has 0 radical (unpaired) electrons. The number of carbonyl (C=O) groups is 2. The third-order valence-electron chi connectivity index (χ3n) is 4.30. The molecule has 0 aliphatic carbocycles. The van der Waals surface area contributed by atoms with E-state index in [1.165, 1.54) is 0 Å². The molecule has 4 nitrogen and oxygen atoms in total. The Morgan fingerprint density at radius 3 is 2.38 bits per heavy atom. The molecular weight excluding hydrogens is 264 g/mol. The fraction of sp³-hybridized carbons (Fsp3) is 0.529. The van der Waals surface area contributed by atoms with Crippen molar-refractivity contribution in [2.45, 2.75) is 20.3 Å². The Balaban J connectivity index is 2.12. The number of carbonyl (C=O) groups excluding carboxylic acids is 2. The quantitative estimate of drug-likeness (QED) is 0.837. The highest BCUT2D eigenvalue weighted by Crippen LogP contribution is 2.25. The fourth-order valence-corrected chi connectivity index (χ4v) is 2.79. The Hall–Kier alpha value is -1.84. The molecule has 1 aromatic carbocycles. The van der Waals surface area contributed by atoms with Gasteiger partial charge in [0.2, 0.25) is 5.91 Å². The number of rotatable bonds is 2. The van der Waals surface area contributed by atoms with E-state index in [9.17, 15) is 9.59 Å². The second kappa shape index (κ2) is 6.29. The summed E-state index contributed by atoms with van der Waals surface area (Å²) in [6.07, 6.45) is 0.877. The number of aryl methyl sites for hydroxylation is 1. The standard InChI is InChI=1S/C17H24N2O2/c1-12-5-7-14(8-6-12)16(20)19-10-9-13(2)15(11-19)17(21)18(3)4/h5-8,13,15H,9-11H2,1-4H3. The van der Waals surface area contributed by atoms with Gasteiger partial charge in [0.25, 0.3) is 5.91 Å². The zero-order chi connectivity index (χ0) is 15.6. The zero-order valence-corrected chi connectivity index (χ0v) is 13.3. The maximum atomic E-state index is 12.6. The van der Waals surface area contributed by atoms with E-state index >= 15 is 0 Å². The molecule has 1 heterocycles. The van der Waals surface area contributed by atoms with Crippen LogP contribution in [-0.4, -0.2) is 48.8 Å². The lowest BCUT2D eigenvalue weighted by Gasteiger charge is -2.37. The predicted octanol–water partition coefficient (Wildman–Crippen LogP) is 2.18. The van der Waals surface area contributed by atoms with E-state index in [1.807, 2.05) is 36.1 Å². The molecule has 1 fully saturated rings. The van der Waals surface area contributed by atoms with Crippen molar-refractivity contribution in [2.75, 3.05) is 27.2 Å². The molecule has 114 valence electrons. The topological polar surface area (TPSA) is 40.6 Å². The van der Waals surface area contributed by atoms with Gasteiger partial charge in [0.1, 0.15) is 0 Å². The molecule has 2 rings (SSSR count). The van der Waals surface area contributed by atoms with Gasteiger partial charge in [-0.2, -0.15) is 0 Å². The molecule has 2 amide bonds. The monoisotopic (exact) mass is 288 g/mol. The van der Waals surface area contributed by atoms with Crippen LogP contribution < -0.4 is 0 Å². The molecule has 0 saturated carbocycles. The van der Waals surface area contributed by atoms with Crippen molar-refractivity contribution in [1.82, 2.24) is 9.80 Å². The van der Waals surface area contributed by atoms with Crippen LogP contribution >= 0.6 is 0 Å². The first-order valence-corrected chi connectivity index (χ1v) is 7.47. The van der Waals surface area contributed by atoms with Gasteiger partial charge in [0.05, 0.1) is 5.92 Å². The van der Waals surface area contributed by atoms with Gasteiger partial charge in [-0.05, 0) is 31.4 Å². The highest BCUT2D eigenvalue weighted by Gasteiger charge is 2.34. The summed E-state index contributed by atoms with van der Waals surface area (Å²) < 4.78 is 0. The van der Waals surface area contributed by atoms with Crippen LogP contribution in [0, 0.1) is 18.8 Å². The number of hydrogen-bond donors (Lipinski definition) is 0. The van der Waals surface area contributed by atoms with Crippen molar-refractivity contribution in [3.8, 4) is 0 Å². The van der Waals surface area contributed by atoms with Gasteiger partial charge >= 0.3 is 0 Å². The summed E-state index contributed by atoms with van der Waals surface area (Å²) in [7, 11) is 3.55. The van der Waals surface area contributed by atoms with Crippen LogP contribution in [0.3, 0.4) is 0 Å². The van der Waals surface area contributed by atoms with Crippen LogP contribution in [0.1, 0.15) is 29.3 Å². The molecule has 1 aliphatic heterocycles. The lowest BCUT2D eigenvalue weighted by atomic mass is 9.85. The predicted molar refractivity (Wildman–Crippen MR) is 83.0 cm³/mol. The molecule has 1 aliphatic rings. The molecule has 0 bridgehead atoms. The van der Waals surface area contributed by atoms with Crippen molar-refractivity contribution in [1.29, 1.82) is 0 Å². The van der Waals surface area contributed by atoms with Gasteiger partial charge < -0.3 is 9.80 Å². The Morgan fingerprint density at radius 1 is 1.19 bits per heavy atom. The van der Waals surface area contributed by atoms with E-state index in [0.29, 0.717) is 18.0 Å². The molecule has 21 heavy (non-hydrogen) atoms. The first-order valence-electron chi connectivity index (χ1n) is 7.47. The molecule has 2 unspecified atom stereocenters. The number of nitrogens with zero attached hydrogens (tertiary/aromatic N) is 2. The molecular formula is C17H24N2O2. The number of hydrogen-bond acceptors (Lipinski definition) is 2. The summed E-state index contributed by atoms with van der Waals surface area (Å²) >= 11 is 0. The third kappa shape index (κ3) is 3.43. The number of likely N-dealkylation sites (tertiary alicyclic amines) is 1. The van der Waals surface area contributed by atoms with Crippen molar-refractivity contribution < 1.29 is 9.59 Å². The van der Waals surface area contributed by atoms with Gasteiger partial charge in [0.15, 0.2) is 0 Å². The SMILES string of the molecule is Cc1ccc(C(=O)N2CCC(C)C(C(=O)N(C)C)C2)cc1. The second-order valence-electron chi connectivity index (χ2n) is 6.22. The summed E-state index contributed by atoms with van der Waals surface area (Å²) in [6, 6.07) is 7.61. The lowest BCUT2D eigenvalue weighted by Crippen LogP contribution is -2.48. The summed E-state index contributed by atoms with van der Waals surface area (Å²) in [5.74, 6) is 0.368. The Bertz CT molecular complexity index is 522. The van der Waals surface area contributed by atoms with Crippen molar-refractivity contribution >= 4 is 11.8 Å². The second-order valence-corrected chi connectivity index (χ2v) is 6.22. The minimum atomic E-state index is -0.0943. The van der Waals surface area contributed by atoms with E-state index in [2.05, 4.69) is 6.92 Å². The van der Waals surface area contributed by atoms with Gasteiger partial charge in [-0.1, -0.05) is 24.6 Å². The fourth-order valence-electron chi connectivity index (χ4n) is 2.79. The highest BCUT2D eigenvalue weighted by molar-refractivity contribution is 5.94. The van der Waals surface area contributed by atoms with Gasteiger partial charge in [-0.15, -0.1) is 0 Å².